The van der Waals surface area contributed by atoms with Crippen molar-refractivity contribution in [2.75, 3.05) is 5.32 Å². The number of nitrogens with zero attached hydrogens (tertiary/aromatic N) is 2. The summed E-state index contributed by atoms with van der Waals surface area (Å²) in [6.45, 7) is 8.14. The van der Waals surface area contributed by atoms with E-state index in [0.29, 0.717) is 6.54 Å². The van der Waals surface area contributed by atoms with Gasteiger partial charge in [-0.2, -0.15) is 0 Å². The third-order valence-electron chi connectivity index (χ3n) is 3.87. The Balaban J connectivity index is 1.99. The summed E-state index contributed by atoms with van der Waals surface area (Å²) < 4.78 is 2.16. The molecule has 0 saturated heterocycles. The van der Waals surface area contributed by atoms with Crippen molar-refractivity contribution in [1.29, 1.82) is 0 Å². The van der Waals surface area contributed by atoms with E-state index in [1.54, 1.807) is 11.3 Å². The highest BCUT2D eigenvalue weighted by Crippen LogP contribution is 2.22. The van der Waals surface area contributed by atoms with Crippen molar-refractivity contribution in [2.24, 2.45) is 4.99 Å². The number of thiazole rings is 1. The number of rotatable bonds is 5. The Kier molecular flexibility index (Phi) is 5.49. The second kappa shape index (κ2) is 7.97. The Labute approximate surface area is 157 Å². The van der Waals surface area contributed by atoms with Crippen LogP contribution in [0.15, 0.2) is 71.6 Å². The third kappa shape index (κ3) is 4.18. The van der Waals surface area contributed by atoms with E-state index < -0.39 is 0 Å². The lowest BCUT2D eigenvalue weighted by Gasteiger charge is -2.07. The molecule has 4 nitrogen and oxygen atoms in total. The van der Waals surface area contributed by atoms with Gasteiger partial charge in [-0.15, -0.1) is 17.9 Å². The predicted octanol–water partition coefficient (Wildman–Crippen LogP) is 4.90. The number of aryl methyl sites for hydroxylation is 1. The topological polar surface area (TPSA) is 46.4 Å². The van der Waals surface area contributed by atoms with Gasteiger partial charge in [-0.3, -0.25) is 4.79 Å². The molecule has 0 unspecified atom stereocenters. The molecule has 1 heterocycles. The van der Waals surface area contributed by atoms with Crippen LogP contribution in [0.3, 0.4) is 0 Å². The second-order valence-electron chi connectivity index (χ2n) is 6.01. The Morgan fingerprint density at radius 1 is 1.19 bits per heavy atom. The molecule has 0 aliphatic heterocycles. The zero-order chi connectivity index (χ0) is 18.5. The molecule has 132 valence electrons. The molecule has 0 spiro atoms. The zero-order valence-electron chi connectivity index (χ0n) is 14.9. The van der Waals surface area contributed by atoms with E-state index in [9.17, 15) is 4.79 Å². The minimum absolute atomic E-state index is 0.0838. The van der Waals surface area contributed by atoms with Gasteiger partial charge in [-0.05, 0) is 36.8 Å². The molecule has 5 heteroatoms. The number of anilines is 1. The molecule has 1 aromatic heterocycles. The predicted molar refractivity (Wildman–Crippen MR) is 109 cm³/mol. The molecule has 2 aromatic carbocycles. The number of carbonyl (C=O) groups is 1. The van der Waals surface area contributed by atoms with E-state index in [1.807, 2.05) is 30.3 Å². The number of benzene rings is 2. The fourth-order valence-corrected chi connectivity index (χ4v) is 3.55. The Hall–Kier alpha value is -2.92. The van der Waals surface area contributed by atoms with Crippen LogP contribution in [0.5, 0.6) is 0 Å². The average Bonchev–Trinajstić information content (AvgIpc) is 3.00. The number of hydrogen-bond acceptors (Lipinski definition) is 3. The fraction of sp³-hybridized carbons (Fsp3) is 0.143. The van der Waals surface area contributed by atoms with Gasteiger partial charge in [-0.25, -0.2) is 4.99 Å². The molecule has 0 bridgehead atoms. The zero-order valence-corrected chi connectivity index (χ0v) is 15.7. The normalized spacial score (nSPS) is 11.4. The van der Waals surface area contributed by atoms with Crippen molar-refractivity contribution in [1.82, 2.24) is 4.57 Å². The SMILES string of the molecule is C=CCn1c(-c2ccc(C)cc2)csc1=Nc1ccc(NC(C)=O)cc1. The maximum absolute atomic E-state index is 11.1. The second-order valence-corrected chi connectivity index (χ2v) is 6.85. The molecular weight excluding hydrogens is 342 g/mol. The van der Waals surface area contributed by atoms with Crippen molar-refractivity contribution in [3.8, 4) is 11.3 Å². The summed E-state index contributed by atoms with van der Waals surface area (Å²) in [5, 5.41) is 4.88. The Morgan fingerprint density at radius 2 is 1.88 bits per heavy atom. The van der Waals surface area contributed by atoms with Crippen molar-refractivity contribution in [3.63, 3.8) is 0 Å². The lowest BCUT2D eigenvalue weighted by Crippen LogP contribution is -2.14. The smallest absolute Gasteiger partial charge is 0.221 e. The fourth-order valence-electron chi connectivity index (χ4n) is 2.61. The van der Waals surface area contributed by atoms with Crippen molar-refractivity contribution in [3.05, 3.63) is 76.9 Å². The third-order valence-corrected chi connectivity index (χ3v) is 4.73. The van der Waals surface area contributed by atoms with Gasteiger partial charge in [0.05, 0.1) is 11.4 Å². The molecule has 0 fully saturated rings. The average molecular weight is 363 g/mol. The molecule has 0 aliphatic carbocycles. The van der Waals surface area contributed by atoms with Crippen LogP contribution in [-0.4, -0.2) is 10.5 Å². The van der Waals surface area contributed by atoms with Gasteiger partial charge in [0.2, 0.25) is 5.91 Å². The molecule has 0 saturated carbocycles. The molecule has 26 heavy (non-hydrogen) atoms. The summed E-state index contributed by atoms with van der Waals surface area (Å²) in [4.78, 5) is 16.8. The lowest BCUT2D eigenvalue weighted by atomic mass is 10.1. The van der Waals surface area contributed by atoms with Gasteiger partial charge >= 0.3 is 0 Å². The van der Waals surface area contributed by atoms with Crippen LogP contribution in [-0.2, 0) is 11.3 Å². The van der Waals surface area contributed by atoms with E-state index in [0.717, 1.165) is 27.4 Å². The maximum atomic E-state index is 11.1. The van der Waals surface area contributed by atoms with Gasteiger partial charge in [0.15, 0.2) is 4.80 Å². The molecule has 0 aliphatic rings. The van der Waals surface area contributed by atoms with Crippen LogP contribution in [0, 0.1) is 6.92 Å². The first-order valence-corrected chi connectivity index (χ1v) is 9.23. The van der Waals surface area contributed by atoms with E-state index in [4.69, 9.17) is 4.99 Å². The number of hydrogen-bond donors (Lipinski definition) is 1. The molecule has 3 aromatic rings. The summed E-state index contributed by atoms with van der Waals surface area (Å²) in [5.41, 5.74) is 5.14. The first-order chi connectivity index (χ1) is 12.6. The highest BCUT2D eigenvalue weighted by Gasteiger charge is 2.07. The van der Waals surface area contributed by atoms with Crippen molar-refractivity contribution >= 4 is 28.6 Å². The van der Waals surface area contributed by atoms with Crippen LogP contribution >= 0.6 is 11.3 Å². The maximum Gasteiger partial charge on any atom is 0.221 e. The van der Waals surface area contributed by atoms with Crippen molar-refractivity contribution < 1.29 is 4.79 Å². The van der Waals surface area contributed by atoms with Crippen LogP contribution in [0.1, 0.15) is 12.5 Å². The monoisotopic (exact) mass is 363 g/mol. The number of carbonyl (C=O) groups excluding carboxylic acids is 1. The molecule has 0 atom stereocenters. The molecule has 0 radical (unpaired) electrons. The quantitative estimate of drug-likeness (QED) is 0.644. The van der Waals surface area contributed by atoms with Crippen LogP contribution < -0.4 is 10.1 Å². The van der Waals surface area contributed by atoms with Crippen LogP contribution in [0.4, 0.5) is 11.4 Å². The molecule has 1 amide bonds. The van der Waals surface area contributed by atoms with Crippen LogP contribution in [0.2, 0.25) is 0 Å². The standard InChI is InChI=1S/C21H21N3OS/c1-4-13-24-20(17-7-5-15(2)6-8-17)14-26-21(24)23-19-11-9-18(10-12-19)22-16(3)25/h4-12,14H,1,13H2,2-3H3,(H,22,25). The summed E-state index contributed by atoms with van der Waals surface area (Å²) in [6.07, 6.45) is 1.88. The molecule has 3 rings (SSSR count). The lowest BCUT2D eigenvalue weighted by molar-refractivity contribution is -0.114. The minimum atomic E-state index is -0.0838. The van der Waals surface area contributed by atoms with E-state index in [-0.39, 0.29) is 5.91 Å². The number of aromatic nitrogens is 1. The highest BCUT2D eigenvalue weighted by molar-refractivity contribution is 7.07. The van der Waals surface area contributed by atoms with Gasteiger partial charge in [0.25, 0.3) is 0 Å². The number of allylic oxidation sites excluding steroid dienone is 1. The first-order valence-electron chi connectivity index (χ1n) is 8.35. The van der Waals surface area contributed by atoms with E-state index >= 15 is 0 Å². The summed E-state index contributed by atoms with van der Waals surface area (Å²) in [7, 11) is 0. The van der Waals surface area contributed by atoms with Crippen molar-refractivity contribution in [2.45, 2.75) is 20.4 Å². The molecule has 1 N–H and O–H groups in total. The van der Waals surface area contributed by atoms with Gasteiger partial charge in [0, 0.05) is 24.5 Å². The van der Waals surface area contributed by atoms with E-state index in [2.05, 4.69) is 53.0 Å². The molecular formula is C21H21N3OS. The number of amides is 1. The summed E-state index contributed by atoms with van der Waals surface area (Å²) in [5.74, 6) is -0.0838. The Bertz CT molecular complexity index is 979. The van der Waals surface area contributed by atoms with Gasteiger partial charge < -0.3 is 9.88 Å². The van der Waals surface area contributed by atoms with Gasteiger partial charge in [-0.1, -0.05) is 35.9 Å². The number of nitrogens with one attached hydrogen (secondary N) is 1. The van der Waals surface area contributed by atoms with Crippen LogP contribution in [0.25, 0.3) is 11.3 Å². The first kappa shape index (κ1) is 17.9. The largest absolute Gasteiger partial charge is 0.326 e. The van der Waals surface area contributed by atoms with E-state index in [1.165, 1.54) is 12.5 Å². The Morgan fingerprint density at radius 3 is 2.50 bits per heavy atom. The summed E-state index contributed by atoms with van der Waals surface area (Å²) in [6, 6.07) is 16.0. The van der Waals surface area contributed by atoms with Gasteiger partial charge in [0.1, 0.15) is 0 Å². The summed E-state index contributed by atoms with van der Waals surface area (Å²) >= 11 is 1.60. The highest BCUT2D eigenvalue weighted by atomic mass is 32.1. The minimum Gasteiger partial charge on any atom is -0.326 e.